The molecule has 1 saturated heterocycles. The molecule has 0 aliphatic carbocycles. The van der Waals surface area contributed by atoms with E-state index in [-0.39, 0.29) is 11.8 Å². The summed E-state index contributed by atoms with van der Waals surface area (Å²) in [5.41, 5.74) is 0.590. The van der Waals surface area contributed by atoms with E-state index in [1.807, 2.05) is 4.90 Å². The van der Waals surface area contributed by atoms with E-state index in [9.17, 15) is 9.59 Å². The van der Waals surface area contributed by atoms with E-state index in [2.05, 4.69) is 24.1 Å². The molecule has 5 nitrogen and oxygen atoms in total. The van der Waals surface area contributed by atoms with E-state index in [1.165, 1.54) is 0 Å². The summed E-state index contributed by atoms with van der Waals surface area (Å²) in [4.78, 5) is 29.9. The van der Waals surface area contributed by atoms with Gasteiger partial charge in [-0.15, -0.1) is 0 Å². The fourth-order valence-corrected chi connectivity index (χ4v) is 2.70. The van der Waals surface area contributed by atoms with Crippen LogP contribution in [0, 0.1) is 11.8 Å². The fraction of sp³-hybridized carbons (Fsp3) is 0.588. The smallest absolute Gasteiger partial charge is 0.252 e. The second-order valence-corrected chi connectivity index (χ2v) is 6.37. The molecule has 1 aromatic rings. The largest absolute Gasteiger partial charge is 0.352 e. The molecular weight excluding hydrogens is 278 g/mol. The highest BCUT2D eigenvalue weighted by atomic mass is 16.2. The van der Waals surface area contributed by atoms with Crippen LogP contribution < -0.4 is 5.32 Å². The summed E-state index contributed by atoms with van der Waals surface area (Å²) in [6.07, 6.45) is 5.76. The van der Waals surface area contributed by atoms with Crippen LogP contribution in [0.25, 0.3) is 0 Å². The van der Waals surface area contributed by atoms with Gasteiger partial charge < -0.3 is 10.2 Å². The summed E-state index contributed by atoms with van der Waals surface area (Å²) in [7, 11) is 0. The maximum Gasteiger partial charge on any atom is 0.252 e. The molecule has 1 aliphatic heterocycles. The average Bonchev–Trinajstić information content (AvgIpc) is 2.53. The molecule has 2 amide bonds. The van der Waals surface area contributed by atoms with Crippen molar-refractivity contribution < 1.29 is 9.59 Å². The highest BCUT2D eigenvalue weighted by Crippen LogP contribution is 2.18. The SMILES string of the molecule is CC(C)CC(=O)N1CCC(CNC(=O)c2cccnc2)CC1. The third kappa shape index (κ3) is 4.83. The summed E-state index contributed by atoms with van der Waals surface area (Å²) >= 11 is 0. The van der Waals surface area contributed by atoms with Crippen molar-refractivity contribution in [3.05, 3.63) is 30.1 Å². The Morgan fingerprint density at radius 1 is 1.36 bits per heavy atom. The standard InChI is InChI=1S/C17H25N3O2/c1-13(2)10-16(21)20-8-5-14(6-9-20)11-19-17(22)15-4-3-7-18-12-15/h3-4,7,12-14H,5-6,8-11H2,1-2H3,(H,19,22). The first-order chi connectivity index (χ1) is 10.6. The molecule has 0 unspecified atom stereocenters. The second-order valence-electron chi connectivity index (χ2n) is 6.37. The van der Waals surface area contributed by atoms with Crippen molar-refractivity contribution in [2.24, 2.45) is 11.8 Å². The van der Waals surface area contributed by atoms with Crippen molar-refractivity contribution in [2.75, 3.05) is 19.6 Å². The van der Waals surface area contributed by atoms with E-state index in [1.54, 1.807) is 24.5 Å². The number of nitrogens with one attached hydrogen (secondary N) is 1. The van der Waals surface area contributed by atoms with E-state index >= 15 is 0 Å². The van der Waals surface area contributed by atoms with E-state index in [4.69, 9.17) is 0 Å². The number of pyridine rings is 1. The molecule has 1 aromatic heterocycles. The third-order valence-corrected chi connectivity index (χ3v) is 4.03. The van der Waals surface area contributed by atoms with Crippen LogP contribution >= 0.6 is 0 Å². The summed E-state index contributed by atoms with van der Waals surface area (Å²) in [5, 5.41) is 2.96. The van der Waals surface area contributed by atoms with Gasteiger partial charge in [-0.1, -0.05) is 13.8 Å². The molecule has 0 saturated carbocycles. The highest BCUT2D eigenvalue weighted by Gasteiger charge is 2.23. The Hall–Kier alpha value is -1.91. The van der Waals surface area contributed by atoms with Gasteiger partial charge in [0.05, 0.1) is 5.56 Å². The minimum atomic E-state index is -0.0774. The van der Waals surface area contributed by atoms with Crippen molar-refractivity contribution in [3.63, 3.8) is 0 Å². The molecule has 0 bridgehead atoms. The first kappa shape index (κ1) is 16.5. The van der Waals surface area contributed by atoms with Crippen LogP contribution in [0.3, 0.4) is 0 Å². The number of carbonyl (C=O) groups excluding carboxylic acids is 2. The lowest BCUT2D eigenvalue weighted by atomic mass is 9.96. The molecule has 2 heterocycles. The average molecular weight is 303 g/mol. The number of aromatic nitrogens is 1. The first-order valence-electron chi connectivity index (χ1n) is 8.02. The lowest BCUT2D eigenvalue weighted by Crippen LogP contribution is -2.41. The molecule has 0 aromatic carbocycles. The van der Waals surface area contributed by atoms with Crippen molar-refractivity contribution >= 4 is 11.8 Å². The van der Waals surface area contributed by atoms with E-state index in [0.29, 0.717) is 30.4 Å². The zero-order valence-electron chi connectivity index (χ0n) is 13.4. The molecule has 22 heavy (non-hydrogen) atoms. The van der Waals surface area contributed by atoms with Crippen molar-refractivity contribution in [1.29, 1.82) is 0 Å². The molecule has 2 rings (SSSR count). The summed E-state index contributed by atoms with van der Waals surface area (Å²) in [5.74, 6) is 1.03. The fourth-order valence-electron chi connectivity index (χ4n) is 2.70. The van der Waals surface area contributed by atoms with Crippen molar-refractivity contribution in [1.82, 2.24) is 15.2 Å². The number of carbonyl (C=O) groups is 2. The minimum Gasteiger partial charge on any atom is -0.352 e. The molecule has 0 radical (unpaired) electrons. The molecule has 5 heteroatoms. The molecule has 0 spiro atoms. The topological polar surface area (TPSA) is 62.3 Å². The van der Waals surface area contributed by atoms with Gasteiger partial charge in [0.1, 0.15) is 0 Å². The molecular formula is C17H25N3O2. The quantitative estimate of drug-likeness (QED) is 0.906. The van der Waals surface area contributed by atoms with Crippen LogP contribution in [0.15, 0.2) is 24.5 Å². The first-order valence-corrected chi connectivity index (χ1v) is 8.02. The number of rotatable bonds is 5. The van der Waals surface area contributed by atoms with Crippen molar-refractivity contribution in [2.45, 2.75) is 33.1 Å². The minimum absolute atomic E-state index is 0.0774. The monoisotopic (exact) mass is 303 g/mol. The number of nitrogens with zero attached hydrogens (tertiary/aromatic N) is 2. The van der Waals surface area contributed by atoms with Crippen LogP contribution in [0.2, 0.25) is 0 Å². The number of piperidine rings is 1. The molecule has 120 valence electrons. The molecule has 1 fully saturated rings. The Morgan fingerprint density at radius 2 is 2.09 bits per heavy atom. The number of likely N-dealkylation sites (tertiary alicyclic amines) is 1. The number of hydrogen-bond donors (Lipinski definition) is 1. The Bertz CT molecular complexity index is 494. The summed E-state index contributed by atoms with van der Waals surface area (Å²) in [6, 6.07) is 3.52. The van der Waals surface area contributed by atoms with Gasteiger partial charge >= 0.3 is 0 Å². The van der Waals surface area contributed by atoms with E-state index < -0.39 is 0 Å². The van der Waals surface area contributed by atoms with Gasteiger partial charge in [-0.05, 0) is 36.8 Å². The number of hydrogen-bond acceptors (Lipinski definition) is 3. The highest BCUT2D eigenvalue weighted by molar-refractivity contribution is 5.93. The van der Waals surface area contributed by atoms with Gasteiger partial charge in [-0.2, -0.15) is 0 Å². The lowest BCUT2D eigenvalue weighted by Gasteiger charge is -2.32. The second kappa shape index (κ2) is 7.92. The number of amides is 2. The van der Waals surface area contributed by atoms with Crippen molar-refractivity contribution in [3.8, 4) is 0 Å². The Labute approximate surface area is 132 Å². The zero-order chi connectivity index (χ0) is 15.9. The predicted octanol–water partition coefficient (Wildman–Crippen LogP) is 2.10. The molecule has 1 N–H and O–H groups in total. The van der Waals surface area contributed by atoms with Gasteiger partial charge in [0.2, 0.25) is 5.91 Å². The Morgan fingerprint density at radius 3 is 2.68 bits per heavy atom. The van der Waals surface area contributed by atoms with Crippen LogP contribution in [0.1, 0.15) is 43.5 Å². The van der Waals surface area contributed by atoms with Crippen LogP contribution in [-0.4, -0.2) is 41.3 Å². The molecule has 0 atom stereocenters. The van der Waals surface area contributed by atoms with Gasteiger partial charge in [-0.25, -0.2) is 0 Å². The Balaban J connectivity index is 1.72. The maximum absolute atomic E-state index is 12.0. The normalized spacial score (nSPS) is 15.9. The predicted molar refractivity (Wildman–Crippen MR) is 85.3 cm³/mol. The van der Waals surface area contributed by atoms with Gasteiger partial charge in [0, 0.05) is 38.4 Å². The zero-order valence-corrected chi connectivity index (χ0v) is 13.4. The van der Waals surface area contributed by atoms with Gasteiger partial charge in [0.15, 0.2) is 0 Å². The summed E-state index contributed by atoms with van der Waals surface area (Å²) < 4.78 is 0. The van der Waals surface area contributed by atoms with Crippen LogP contribution in [-0.2, 0) is 4.79 Å². The molecule has 1 aliphatic rings. The third-order valence-electron chi connectivity index (χ3n) is 4.03. The van der Waals surface area contributed by atoms with E-state index in [0.717, 1.165) is 25.9 Å². The van der Waals surface area contributed by atoms with Gasteiger partial charge in [0.25, 0.3) is 5.91 Å². The Kier molecular flexibility index (Phi) is 5.92. The summed E-state index contributed by atoms with van der Waals surface area (Å²) in [6.45, 7) is 6.41. The van der Waals surface area contributed by atoms with Gasteiger partial charge in [-0.3, -0.25) is 14.6 Å². The lowest BCUT2D eigenvalue weighted by molar-refractivity contribution is -0.133. The van der Waals surface area contributed by atoms with Crippen LogP contribution in [0.5, 0.6) is 0 Å². The van der Waals surface area contributed by atoms with Crippen LogP contribution in [0.4, 0.5) is 0 Å². The maximum atomic E-state index is 12.0.